The van der Waals surface area contributed by atoms with Crippen molar-refractivity contribution in [1.82, 2.24) is 0 Å². The number of nitrogens with zero attached hydrogens (tertiary/aromatic N) is 2. The Bertz CT molecular complexity index is 2710. The molecule has 2 aliphatic carbocycles. The zero-order valence-electron chi connectivity index (χ0n) is 33.1. The van der Waals surface area contributed by atoms with Crippen molar-refractivity contribution in [3.05, 3.63) is 148 Å². The standard InChI is InChI=1S/C51H47BN2S/c1-30-25-43-46-44(26-30)54(47-38-21-13-33(38)27-34-14-22-39(34)47)48-40-28-32(31-11-9-8-10-12-31)15-24-45(40)55-49(48)52(46)41-29-36(51(5,6)7)18-23-42(41)53(43)37-19-16-35(17-20-37)50(2,3)4/h8-12,15-20,23-29H,13-14,21-22H2,1-7H3. The molecule has 0 unspecified atom stereocenters. The monoisotopic (exact) mass is 730 g/mol. The van der Waals surface area contributed by atoms with Gasteiger partial charge < -0.3 is 9.80 Å². The van der Waals surface area contributed by atoms with Crippen LogP contribution in [0.3, 0.4) is 0 Å². The molecule has 0 amide bonds. The summed E-state index contributed by atoms with van der Waals surface area (Å²) in [5, 5.41) is 1.37. The summed E-state index contributed by atoms with van der Waals surface area (Å²) in [6, 6.07) is 42.5. The Morgan fingerprint density at radius 3 is 1.85 bits per heavy atom. The van der Waals surface area contributed by atoms with Gasteiger partial charge in [-0.15, -0.1) is 11.3 Å². The van der Waals surface area contributed by atoms with Crippen molar-refractivity contribution in [2.75, 3.05) is 9.80 Å². The van der Waals surface area contributed by atoms with E-state index in [1.54, 1.807) is 22.3 Å². The van der Waals surface area contributed by atoms with Crippen molar-refractivity contribution in [2.24, 2.45) is 0 Å². The highest BCUT2D eigenvalue weighted by molar-refractivity contribution is 7.33. The summed E-state index contributed by atoms with van der Waals surface area (Å²) >= 11 is 2.02. The van der Waals surface area contributed by atoms with E-state index in [0.29, 0.717) is 0 Å². The van der Waals surface area contributed by atoms with Crippen LogP contribution in [0.15, 0.2) is 109 Å². The predicted octanol–water partition coefficient (Wildman–Crippen LogP) is 11.8. The first kappa shape index (κ1) is 33.3. The molecule has 4 heteroatoms. The predicted molar refractivity (Wildman–Crippen MR) is 238 cm³/mol. The largest absolute Gasteiger partial charge is 0.311 e. The molecule has 2 aliphatic heterocycles. The smallest absolute Gasteiger partial charge is 0.264 e. The Kier molecular flexibility index (Phi) is 6.96. The molecule has 0 radical (unpaired) electrons. The van der Waals surface area contributed by atoms with Crippen LogP contribution in [0.1, 0.15) is 80.5 Å². The number of aryl methyl sites for hydroxylation is 3. The third-order valence-electron chi connectivity index (χ3n) is 13.0. The summed E-state index contributed by atoms with van der Waals surface area (Å²) in [7, 11) is 0. The van der Waals surface area contributed by atoms with Gasteiger partial charge in [-0.3, -0.25) is 0 Å². The van der Waals surface area contributed by atoms with Crippen LogP contribution < -0.4 is 25.5 Å². The van der Waals surface area contributed by atoms with Crippen LogP contribution in [0, 0.1) is 6.92 Å². The highest BCUT2D eigenvalue weighted by Crippen LogP contribution is 2.53. The van der Waals surface area contributed by atoms with Crippen LogP contribution in [0.25, 0.3) is 21.2 Å². The molecule has 4 aliphatic rings. The number of thiophene rings is 1. The van der Waals surface area contributed by atoms with Gasteiger partial charge in [0.2, 0.25) is 0 Å². The normalized spacial score (nSPS) is 15.1. The van der Waals surface area contributed by atoms with Crippen molar-refractivity contribution in [2.45, 2.75) is 85.0 Å². The quantitative estimate of drug-likeness (QED) is 0.167. The van der Waals surface area contributed by atoms with E-state index in [1.807, 2.05) is 11.3 Å². The molecule has 3 heterocycles. The lowest BCUT2D eigenvalue weighted by Gasteiger charge is -2.46. The fraction of sp³-hybridized carbons (Fsp3) is 0.255. The van der Waals surface area contributed by atoms with Crippen molar-refractivity contribution >= 4 is 78.0 Å². The highest BCUT2D eigenvalue weighted by atomic mass is 32.1. The highest BCUT2D eigenvalue weighted by Gasteiger charge is 2.47. The first-order valence-corrected chi connectivity index (χ1v) is 21.0. The fourth-order valence-electron chi connectivity index (χ4n) is 9.83. The van der Waals surface area contributed by atoms with E-state index in [1.165, 1.54) is 101 Å². The summed E-state index contributed by atoms with van der Waals surface area (Å²) in [5.41, 5.74) is 23.9. The second-order valence-corrected chi connectivity index (χ2v) is 19.6. The van der Waals surface area contributed by atoms with Crippen LogP contribution in [-0.4, -0.2) is 6.71 Å². The molecule has 1 aromatic heterocycles. The van der Waals surface area contributed by atoms with Crippen molar-refractivity contribution in [3.63, 3.8) is 0 Å². The minimum atomic E-state index is 0.0214. The minimum Gasteiger partial charge on any atom is -0.311 e. The van der Waals surface area contributed by atoms with E-state index in [4.69, 9.17) is 0 Å². The summed E-state index contributed by atoms with van der Waals surface area (Å²) in [6.45, 7) is 16.4. The molecule has 0 atom stereocenters. The Hall–Kier alpha value is -5.06. The molecule has 6 aromatic carbocycles. The van der Waals surface area contributed by atoms with Crippen LogP contribution >= 0.6 is 11.3 Å². The minimum absolute atomic E-state index is 0.0214. The lowest BCUT2D eigenvalue weighted by molar-refractivity contribution is 0.590. The van der Waals surface area contributed by atoms with Crippen molar-refractivity contribution < 1.29 is 0 Å². The Morgan fingerprint density at radius 1 is 0.564 bits per heavy atom. The maximum Gasteiger partial charge on any atom is 0.264 e. The number of hydrogen-bond donors (Lipinski definition) is 0. The third-order valence-corrected chi connectivity index (χ3v) is 14.2. The van der Waals surface area contributed by atoms with E-state index < -0.39 is 0 Å². The second-order valence-electron chi connectivity index (χ2n) is 18.5. The van der Waals surface area contributed by atoms with Gasteiger partial charge >= 0.3 is 0 Å². The summed E-state index contributed by atoms with van der Waals surface area (Å²) < 4.78 is 2.83. The summed E-state index contributed by atoms with van der Waals surface area (Å²) in [5.74, 6) is 0. The van der Waals surface area contributed by atoms with Crippen LogP contribution in [0.5, 0.6) is 0 Å². The molecule has 2 nitrogen and oxygen atoms in total. The van der Waals surface area contributed by atoms with Crippen LogP contribution in [0.4, 0.5) is 34.1 Å². The van der Waals surface area contributed by atoms with E-state index in [2.05, 4.69) is 167 Å². The van der Waals surface area contributed by atoms with Gasteiger partial charge in [0.05, 0.1) is 11.4 Å². The van der Waals surface area contributed by atoms with Gasteiger partial charge in [0.1, 0.15) is 0 Å². The van der Waals surface area contributed by atoms with E-state index in [9.17, 15) is 0 Å². The zero-order chi connectivity index (χ0) is 37.5. The zero-order valence-corrected chi connectivity index (χ0v) is 33.9. The van der Waals surface area contributed by atoms with Gasteiger partial charge in [0.15, 0.2) is 0 Å². The molecule has 270 valence electrons. The topological polar surface area (TPSA) is 6.48 Å². The molecule has 0 saturated heterocycles. The first-order valence-electron chi connectivity index (χ1n) is 20.2. The van der Waals surface area contributed by atoms with Gasteiger partial charge in [-0.1, -0.05) is 108 Å². The average Bonchev–Trinajstić information content (AvgIpc) is 3.51. The maximum atomic E-state index is 2.78. The lowest BCUT2D eigenvalue weighted by Crippen LogP contribution is -2.60. The second kappa shape index (κ2) is 11.5. The number of rotatable bonds is 3. The van der Waals surface area contributed by atoms with Crippen LogP contribution in [-0.2, 0) is 36.5 Å². The van der Waals surface area contributed by atoms with Gasteiger partial charge in [-0.2, -0.15) is 0 Å². The van der Waals surface area contributed by atoms with Crippen molar-refractivity contribution in [1.29, 1.82) is 0 Å². The molecule has 0 saturated carbocycles. The number of benzene rings is 6. The Balaban J connectivity index is 1.25. The molecular formula is C51H47BN2S. The third kappa shape index (κ3) is 4.86. The van der Waals surface area contributed by atoms with Gasteiger partial charge in [-0.25, -0.2) is 0 Å². The molecule has 55 heavy (non-hydrogen) atoms. The van der Waals surface area contributed by atoms with E-state index in [-0.39, 0.29) is 17.5 Å². The molecule has 11 rings (SSSR count). The first-order chi connectivity index (χ1) is 26.4. The van der Waals surface area contributed by atoms with Gasteiger partial charge in [0, 0.05) is 37.6 Å². The molecule has 7 aromatic rings. The van der Waals surface area contributed by atoms with E-state index >= 15 is 0 Å². The average molecular weight is 731 g/mol. The van der Waals surface area contributed by atoms with Gasteiger partial charge in [0.25, 0.3) is 6.71 Å². The van der Waals surface area contributed by atoms with Crippen molar-refractivity contribution in [3.8, 4) is 11.1 Å². The number of hydrogen-bond acceptors (Lipinski definition) is 3. The number of anilines is 6. The lowest BCUT2D eigenvalue weighted by atomic mass is 9.36. The molecule has 0 bridgehead atoms. The Morgan fingerprint density at radius 2 is 1.22 bits per heavy atom. The summed E-state index contributed by atoms with van der Waals surface area (Å²) in [4.78, 5) is 5.36. The maximum absolute atomic E-state index is 2.78. The molecular weight excluding hydrogens is 683 g/mol. The summed E-state index contributed by atoms with van der Waals surface area (Å²) in [6.07, 6.45) is 4.69. The Labute approximate surface area is 330 Å². The number of fused-ring (bicyclic) bond motifs is 8. The molecule has 0 N–H and O–H groups in total. The SMILES string of the molecule is Cc1cc2c3c(c1)N(c1c4c(cc5c1CC5)CC4)c1c(sc4ccc(-c5ccccc5)cc14)B3c1cc(C(C)(C)C)ccc1N2c1ccc(C(C)(C)C)cc1. The molecule has 0 spiro atoms. The van der Waals surface area contributed by atoms with Crippen LogP contribution in [0.2, 0.25) is 0 Å². The molecule has 0 fully saturated rings. The van der Waals surface area contributed by atoms with Gasteiger partial charge in [-0.05, 0) is 147 Å². The fourth-order valence-corrected chi connectivity index (χ4v) is 11.1. The van der Waals surface area contributed by atoms with E-state index in [0.717, 1.165) is 12.8 Å².